The molecule has 1 aromatic heterocycles. The van der Waals surface area contributed by atoms with E-state index in [4.69, 9.17) is 0 Å². The molecule has 0 spiro atoms. The smallest absolute Gasteiger partial charge is 0.0675 e. The van der Waals surface area contributed by atoms with Gasteiger partial charge in [0, 0.05) is 30.4 Å². The Balaban J connectivity index is 2.52. The number of aryl methyl sites for hydroxylation is 3. The first kappa shape index (κ1) is 15.8. The van der Waals surface area contributed by atoms with Crippen LogP contribution in [-0.2, 0) is 13.1 Å². The van der Waals surface area contributed by atoms with Gasteiger partial charge in [-0.1, -0.05) is 37.6 Å². The Bertz CT molecular complexity index is 624. The lowest BCUT2D eigenvalue weighted by atomic mass is 9.96. The Kier molecular flexibility index (Phi) is 4.84. The molecule has 0 saturated carbocycles. The average Bonchev–Trinajstić information content (AvgIpc) is 2.71. The molecule has 0 aliphatic rings. The van der Waals surface area contributed by atoms with E-state index in [2.05, 4.69) is 74.8 Å². The van der Waals surface area contributed by atoms with E-state index in [9.17, 15) is 0 Å². The summed E-state index contributed by atoms with van der Waals surface area (Å²) in [5, 5.41) is 8.19. The van der Waals surface area contributed by atoms with E-state index in [0.29, 0.717) is 6.04 Å². The van der Waals surface area contributed by atoms with Crippen LogP contribution in [0.25, 0.3) is 11.1 Å². The van der Waals surface area contributed by atoms with Gasteiger partial charge in [0.2, 0.25) is 0 Å². The monoisotopic (exact) mass is 285 g/mol. The minimum Gasteiger partial charge on any atom is -0.310 e. The molecule has 0 saturated heterocycles. The molecule has 114 valence electrons. The van der Waals surface area contributed by atoms with E-state index in [-0.39, 0.29) is 0 Å². The van der Waals surface area contributed by atoms with Crippen LogP contribution in [0.5, 0.6) is 0 Å². The van der Waals surface area contributed by atoms with Crippen molar-refractivity contribution < 1.29 is 0 Å². The van der Waals surface area contributed by atoms with E-state index >= 15 is 0 Å². The maximum Gasteiger partial charge on any atom is 0.0675 e. The van der Waals surface area contributed by atoms with Crippen molar-refractivity contribution in [3.8, 4) is 11.1 Å². The van der Waals surface area contributed by atoms with Gasteiger partial charge in [0.05, 0.1) is 5.69 Å². The Morgan fingerprint density at radius 1 is 1.19 bits per heavy atom. The molecule has 0 radical (unpaired) electrons. The maximum atomic E-state index is 4.67. The summed E-state index contributed by atoms with van der Waals surface area (Å²) >= 11 is 0. The van der Waals surface area contributed by atoms with Crippen LogP contribution in [0.4, 0.5) is 0 Å². The third-order valence-corrected chi connectivity index (χ3v) is 3.92. The molecular formula is C18H27N3. The topological polar surface area (TPSA) is 29.9 Å². The van der Waals surface area contributed by atoms with Gasteiger partial charge in [-0.3, -0.25) is 4.68 Å². The molecule has 2 aromatic rings. The molecule has 0 atom stereocenters. The summed E-state index contributed by atoms with van der Waals surface area (Å²) in [5.41, 5.74) is 7.62. The van der Waals surface area contributed by atoms with Gasteiger partial charge in [0.1, 0.15) is 0 Å². The second-order valence-corrected chi connectivity index (χ2v) is 6.06. The zero-order chi connectivity index (χ0) is 15.6. The summed E-state index contributed by atoms with van der Waals surface area (Å²) in [6.45, 7) is 14.7. The van der Waals surface area contributed by atoms with Crippen LogP contribution in [-0.4, -0.2) is 15.8 Å². The van der Waals surface area contributed by atoms with Crippen molar-refractivity contribution in [1.29, 1.82) is 0 Å². The number of hydrogen-bond acceptors (Lipinski definition) is 2. The highest BCUT2D eigenvalue weighted by molar-refractivity contribution is 5.72. The maximum absolute atomic E-state index is 4.67. The zero-order valence-electron chi connectivity index (χ0n) is 14.1. The highest BCUT2D eigenvalue weighted by Crippen LogP contribution is 2.31. The minimum atomic E-state index is 0.486. The average molecular weight is 285 g/mol. The lowest BCUT2D eigenvalue weighted by molar-refractivity contribution is 0.589. The van der Waals surface area contributed by atoms with Crippen LogP contribution in [0.3, 0.4) is 0 Å². The Hall–Kier alpha value is -1.61. The quantitative estimate of drug-likeness (QED) is 0.900. The lowest BCUT2D eigenvalue weighted by Crippen LogP contribution is -2.22. The molecule has 1 heterocycles. The van der Waals surface area contributed by atoms with Crippen molar-refractivity contribution in [2.24, 2.45) is 0 Å². The summed E-state index contributed by atoms with van der Waals surface area (Å²) in [6, 6.07) is 7.20. The van der Waals surface area contributed by atoms with E-state index in [1.165, 1.54) is 27.9 Å². The summed E-state index contributed by atoms with van der Waals surface area (Å²) in [4.78, 5) is 0. The molecule has 3 nitrogen and oxygen atoms in total. The van der Waals surface area contributed by atoms with Gasteiger partial charge in [0.15, 0.2) is 0 Å². The van der Waals surface area contributed by atoms with E-state index in [1.807, 2.05) is 0 Å². The number of hydrogen-bond donors (Lipinski definition) is 1. The molecule has 0 aliphatic carbocycles. The fourth-order valence-electron chi connectivity index (χ4n) is 2.79. The van der Waals surface area contributed by atoms with Crippen molar-refractivity contribution in [2.75, 3.05) is 0 Å². The molecule has 21 heavy (non-hydrogen) atoms. The first-order valence-corrected chi connectivity index (χ1v) is 7.81. The molecule has 3 heteroatoms. The normalized spacial score (nSPS) is 11.4. The summed E-state index contributed by atoms with van der Waals surface area (Å²) in [6.07, 6.45) is 0. The first-order chi connectivity index (χ1) is 9.93. The van der Waals surface area contributed by atoms with E-state index in [1.54, 1.807) is 0 Å². The molecule has 0 aliphatic heterocycles. The Morgan fingerprint density at radius 2 is 1.90 bits per heavy atom. The van der Waals surface area contributed by atoms with Crippen LogP contribution in [0.1, 0.15) is 43.3 Å². The van der Waals surface area contributed by atoms with Crippen molar-refractivity contribution >= 4 is 0 Å². The predicted molar refractivity (Wildman–Crippen MR) is 89.5 cm³/mol. The third-order valence-electron chi connectivity index (χ3n) is 3.92. The second-order valence-electron chi connectivity index (χ2n) is 6.06. The highest BCUT2D eigenvalue weighted by Gasteiger charge is 2.16. The van der Waals surface area contributed by atoms with E-state index < -0.39 is 0 Å². The fourth-order valence-corrected chi connectivity index (χ4v) is 2.79. The van der Waals surface area contributed by atoms with Crippen molar-refractivity contribution in [3.05, 3.63) is 40.7 Å². The molecule has 0 unspecified atom stereocenters. The van der Waals surface area contributed by atoms with Gasteiger partial charge in [0.25, 0.3) is 0 Å². The summed E-state index contributed by atoms with van der Waals surface area (Å²) in [5.74, 6) is 0. The van der Waals surface area contributed by atoms with Gasteiger partial charge < -0.3 is 5.32 Å². The molecule has 0 bridgehead atoms. The molecule has 0 amide bonds. The van der Waals surface area contributed by atoms with Gasteiger partial charge in [-0.15, -0.1) is 0 Å². The molecule has 2 rings (SSSR count). The van der Waals surface area contributed by atoms with Crippen LogP contribution in [0, 0.1) is 20.8 Å². The summed E-state index contributed by atoms with van der Waals surface area (Å²) in [7, 11) is 0. The van der Waals surface area contributed by atoms with Crippen LogP contribution < -0.4 is 5.32 Å². The third kappa shape index (κ3) is 3.35. The highest BCUT2D eigenvalue weighted by atomic mass is 15.3. The van der Waals surface area contributed by atoms with Gasteiger partial charge in [-0.2, -0.15) is 5.10 Å². The van der Waals surface area contributed by atoms with Gasteiger partial charge in [-0.05, 0) is 38.8 Å². The largest absolute Gasteiger partial charge is 0.310 e. The summed E-state index contributed by atoms with van der Waals surface area (Å²) < 4.78 is 2.09. The van der Waals surface area contributed by atoms with Gasteiger partial charge >= 0.3 is 0 Å². The molecule has 1 N–H and O–H groups in total. The standard InChI is InChI=1S/C18H27N3/c1-7-21-15(6)18(14(5)20-21)17-10-13(4)8-9-16(17)11-19-12(2)3/h8-10,12,19H,7,11H2,1-6H3. The SMILES string of the molecule is CCn1nc(C)c(-c2cc(C)ccc2CNC(C)C)c1C. The zero-order valence-corrected chi connectivity index (χ0v) is 14.1. The number of nitrogens with zero attached hydrogens (tertiary/aromatic N) is 2. The lowest BCUT2D eigenvalue weighted by Gasteiger charge is -2.14. The fraction of sp³-hybridized carbons (Fsp3) is 0.500. The van der Waals surface area contributed by atoms with Crippen molar-refractivity contribution in [1.82, 2.24) is 15.1 Å². The van der Waals surface area contributed by atoms with Gasteiger partial charge in [-0.25, -0.2) is 0 Å². The second kappa shape index (κ2) is 6.44. The Morgan fingerprint density at radius 3 is 2.48 bits per heavy atom. The molecular weight excluding hydrogens is 258 g/mol. The number of nitrogens with one attached hydrogen (secondary N) is 1. The van der Waals surface area contributed by atoms with Crippen molar-refractivity contribution in [2.45, 2.75) is 60.7 Å². The number of aromatic nitrogens is 2. The molecule has 0 fully saturated rings. The minimum absolute atomic E-state index is 0.486. The van der Waals surface area contributed by atoms with Crippen molar-refractivity contribution in [3.63, 3.8) is 0 Å². The van der Waals surface area contributed by atoms with E-state index in [0.717, 1.165) is 18.8 Å². The number of benzene rings is 1. The van der Waals surface area contributed by atoms with Crippen LogP contribution in [0.2, 0.25) is 0 Å². The van der Waals surface area contributed by atoms with Crippen LogP contribution in [0.15, 0.2) is 18.2 Å². The number of rotatable bonds is 5. The van der Waals surface area contributed by atoms with Crippen LogP contribution >= 0.6 is 0 Å². The predicted octanol–water partition coefficient (Wildman–Crippen LogP) is 3.99. The Labute approximate surface area is 128 Å². The molecule has 1 aromatic carbocycles. The first-order valence-electron chi connectivity index (χ1n) is 7.81.